The predicted octanol–water partition coefficient (Wildman–Crippen LogP) is 1.93. The van der Waals surface area contributed by atoms with Crippen molar-refractivity contribution in [2.24, 2.45) is 0 Å². The molecule has 4 aromatic rings. The molecular weight excluding hydrogens is 1390 g/mol. The summed E-state index contributed by atoms with van der Waals surface area (Å²) in [5, 5.41) is 7.32. The van der Waals surface area contributed by atoms with Crippen LogP contribution < -0.4 is 99.8 Å². The van der Waals surface area contributed by atoms with Crippen molar-refractivity contribution < 1.29 is 99.8 Å². The van der Waals surface area contributed by atoms with E-state index in [1.165, 1.54) is 56.2 Å². The van der Waals surface area contributed by atoms with E-state index in [1.807, 2.05) is 0 Å². The molecule has 57 heavy (non-hydrogen) atoms. The van der Waals surface area contributed by atoms with Crippen LogP contribution in [0.4, 0.5) is 0 Å². The van der Waals surface area contributed by atoms with Gasteiger partial charge in [0.15, 0.2) is 56.8 Å². The first-order chi connectivity index (χ1) is 26.3. The second-order valence-corrected chi connectivity index (χ2v) is 17.2. The molecule has 0 N–H and O–H groups in total. The van der Waals surface area contributed by atoms with Gasteiger partial charge in [-0.05, 0) is 105 Å². The fraction of sp³-hybridized carbons (Fsp3) is 0.500. The van der Waals surface area contributed by atoms with Gasteiger partial charge < -0.3 is 86.1 Å². The molecule has 316 valence electrons. The van der Waals surface area contributed by atoms with Gasteiger partial charge in [0.1, 0.15) is 33.9 Å². The number of aromatic nitrogens is 3. The van der Waals surface area contributed by atoms with Crippen molar-refractivity contribution in [1.82, 2.24) is 0 Å². The first kappa shape index (κ1) is 56.9. The minimum atomic E-state index is 0. The molecule has 0 aliphatic heterocycles. The Kier molecular flexibility index (Phi) is 34.5. The molecule has 7 nitrogen and oxygen atoms in total. The summed E-state index contributed by atoms with van der Waals surface area (Å²) in [6.07, 6.45) is 26.8. The first-order valence-corrected chi connectivity index (χ1v) is 22.9. The van der Waals surface area contributed by atoms with Gasteiger partial charge in [0.25, 0.3) is 0 Å². The van der Waals surface area contributed by atoms with Crippen LogP contribution in [0.1, 0.15) is 121 Å². The standard InChI is InChI=1S/C42H57I3N3O3.C2H3N.3HI/c1-4-7-10-13-25-49-40-37(31-46-22-16-19-34(43)28-46)41(50-26-14-11-8-5-2)39(33-48-24-18-21-36(45)30-48)42(51-27-15-12-9-6-3)38(40)32-47-23-17-20-35(44)29-47;1-2-3;;;/h16-24,28-30H,4-15,25-27,31-33H2,1-3H3;1H3;3*1H/q+3;;;;/p-3. The van der Waals surface area contributed by atoms with Crippen LogP contribution in [0, 0.1) is 22.0 Å². The van der Waals surface area contributed by atoms with Crippen LogP contribution in [-0.2, 0) is 19.6 Å². The van der Waals surface area contributed by atoms with E-state index < -0.39 is 0 Å². The smallest absolute Gasteiger partial charge is 0.182 e. The number of nitrogens with zero attached hydrogens (tertiary/aromatic N) is 4. The van der Waals surface area contributed by atoms with E-state index in [1.54, 1.807) is 6.07 Å². The minimum Gasteiger partial charge on any atom is -1.00 e. The summed E-state index contributed by atoms with van der Waals surface area (Å²) in [5.74, 6) is 2.73. The highest BCUT2D eigenvalue weighted by atomic mass is 127. The van der Waals surface area contributed by atoms with E-state index in [0.717, 1.165) is 72.5 Å². The maximum atomic E-state index is 7.32. The normalized spacial score (nSPS) is 10.1. The SMILES string of the molecule is CC#N.CCCCCCOc1c(C[n+]2cccc(I)c2)c(OCCCCCC)c(C[n+]2cccc(I)c2)c(OCCCCCC)c1C[n+]1cccc(I)c1.[I-].[I-].[I-]. The fourth-order valence-corrected chi connectivity index (χ4v) is 7.93. The highest BCUT2D eigenvalue weighted by Gasteiger charge is 2.33. The van der Waals surface area contributed by atoms with Crippen molar-refractivity contribution >= 4 is 67.8 Å². The van der Waals surface area contributed by atoms with E-state index in [2.05, 4.69) is 176 Å². The number of hydrogen-bond donors (Lipinski definition) is 0. The Hall–Kier alpha value is -0.0600. The molecule has 0 saturated carbocycles. The zero-order valence-electron chi connectivity index (χ0n) is 33.9. The first-order valence-electron chi connectivity index (χ1n) is 19.7. The van der Waals surface area contributed by atoms with Crippen LogP contribution in [0.5, 0.6) is 17.2 Å². The third kappa shape index (κ3) is 21.5. The molecular formula is C44H60I6N4O3. The number of benzene rings is 1. The Morgan fingerprint density at radius 3 is 0.982 bits per heavy atom. The summed E-state index contributed by atoms with van der Waals surface area (Å²) in [6, 6.07) is 14.5. The third-order valence-electron chi connectivity index (χ3n) is 8.87. The second kappa shape index (κ2) is 34.5. The van der Waals surface area contributed by atoms with Gasteiger partial charge in [0.05, 0.1) is 36.6 Å². The summed E-state index contributed by atoms with van der Waals surface area (Å²) in [4.78, 5) is 0. The van der Waals surface area contributed by atoms with E-state index in [9.17, 15) is 0 Å². The Labute approximate surface area is 435 Å². The van der Waals surface area contributed by atoms with Crippen molar-refractivity contribution in [3.05, 3.63) is 101 Å². The van der Waals surface area contributed by atoms with Gasteiger partial charge in [-0.2, -0.15) is 19.0 Å². The molecule has 0 fully saturated rings. The summed E-state index contributed by atoms with van der Waals surface area (Å²) >= 11 is 7.21. The third-order valence-corrected chi connectivity index (χ3v) is 10.8. The fourth-order valence-electron chi connectivity index (χ4n) is 6.23. The van der Waals surface area contributed by atoms with Gasteiger partial charge in [-0.25, -0.2) is 0 Å². The molecule has 0 amide bonds. The van der Waals surface area contributed by atoms with Gasteiger partial charge in [-0.1, -0.05) is 78.6 Å². The highest BCUT2D eigenvalue weighted by Crippen LogP contribution is 2.45. The maximum Gasteiger partial charge on any atom is 0.182 e. The number of hydrogen-bond acceptors (Lipinski definition) is 4. The van der Waals surface area contributed by atoms with Crippen LogP contribution in [0.3, 0.4) is 0 Å². The van der Waals surface area contributed by atoms with Gasteiger partial charge in [-0.3, -0.25) is 0 Å². The topological polar surface area (TPSA) is 63.1 Å². The lowest BCUT2D eigenvalue weighted by Crippen LogP contribution is -3.00. The van der Waals surface area contributed by atoms with Gasteiger partial charge in [0, 0.05) is 25.1 Å². The van der Waals surface area contributed by atoms with Crippen LogP contribution in [0.2, 0.25) is 0 Å². The molecule has 0 saturated heterocycles. The Bertz CT molecular complexity index is 1530. The molecule has 0 atom stereocenters. The molecule has 0 aliphatic carbocycles. The molecule has 0 spiro atoms. The van der Waals surface area contributed by atoms with Crippen molar-refractivity contribution in [1.29, 1.82) is 5.26 Å². The molecule has 0 unspecified atom stereocenters. The molecule has 13 heteroatoms. The summed E-state index contributed by atoms with van der Waals surface area (Å²) < 4.78 is 31.4. The van der Waals surface area contributed by atoms with Crippen LogP contribution in [-0.4, -0.2) is 19.8 Å². The van der Waals surface area contributed by atoms with Crippen molar-refractivity contribution in [3.8, 4) is 23.3 Å². The number of halogens is 6. The summed E-state index contributed by atoms with van der Waals surface area (Å²) in [7, 11) is 0. The van der Waals surface area contributed by atoms with E-state index in [4.69, 9.17) is 19.5 Å². The lowest BCUT2D eigenvalue weighted by Gasteiger charge is -2.24. The van der Waals surface area contributed by atoms with E-state index in [0.29, 0.717) is 39.5 Å². The zero-order chi connectivity index (χ0) is 39.0. The van der Waals surface area contributed by atoms with Crippen LogP contribution in [0.15, 0.2) is 73.6 Å². The van der Waals surface area contributed by atoms with Gasteiger partial charge in [-0.15, -0.1) is 0 Å². The summed E-state index contributed by atoms with van der Waals surface area (Å²) in [6.45, 7) is 12.1. The van der Waals surface area contributed by atoms with Crippen molar-refractivity contribution in [2.45, 2.75) is 124 Å². The molecule has 0 bridgehead atoms. The lowest BCUT2D eigenvalue weighted by molar-refractivity contribution is -0.691. The van der Waals surface area contributed by atoms with Gasteiger partial charge >= 0.3 is 0 Å². The summed E-state index contributed by atoms with van der Waals surface area (Å²) in [5.41, 5.74) is 3.27. The molecule has 0 aliphatic rings. The van der Waals surface area contributed by atoms with E-state index >= 15 is 0 Å². The highest BCUT2D eigenvalue weighted by molar-refractivity contribution is 14.1. The molecule has 4 rings (SSSR count). The monoisotopic (exact) mass is 1450 g/mol. The minimum absolute atomic E-state index is 0. The largest absolute Gasteiger partial charge is 1.00 e. The number of ether oxygens (including phenoxy) is 3. The number of rotatable bonds is 24. The molecule has 3 heterocycles. The lowest BCUT2D eigenvalue weighted by atomic mass is 9.98. The van der Waals surface area contributed by atoms with Crippen molar-refractivity contribution in [3.63, 3.8) is 0 Å². The molecule has 1 aromatic carbocycles. The molecule has 0 radical (unpaired) electrons. The van der Waals surface area contributed by atoms with E-state index in [-0.39, 0.29) is 71.9 Å². The number of unbranched alkanes of at least 4 members (excludes halogenated alkanes) is 9. The predicted molar refractivity (Wildman–Crippen MR) is 242 cm³/mol. The number of nitriles is 1. The van der Waals surface area contributed by atoms with Crippen LogP contribution >= 0.6 is 67.8 Å². The average Bonchev–Trinajstić information content (AvgIpc) is 3.14. The Balaban J connectivity index is 0.00000506. The maximum absolute atomic E-state index is 7.32. The second-order valence-electron chi connectivity index (χ2n) is 13.5. The van der Waals surface area contributed by atoms with Crippen molar-refractivity contribution in [2.75, 3.05) is 19.8 Å². The zero-order valence-corrected chi connectivity index (χ0v) is 46.9. The van der Waals surface area contributed by atoms with Crippen LogP contribution in [0.25, 0.3) is 0 Å². The Morgan fingerprint density at radius 2 is 0.754 bits per heavy atom. The quantitative estimate of drug-likeness (QED) is 0.0613. The number of pyridine rings is 3. The Morgan fingerprint density at radius 1 is 0.491 bits per heavy atom. The average molecular weight is 1450 g/mol. The molecule has 3 aromatic heterocycles. The van der Waals surface area contributed by atoms with Gasteiger partial charge in [0.2, 0.25) is 0 Å².